The van der Waals surface area contributed by atoms with Crippen molar-refractivity contribution in [1.29, 1.82) is 0 Å². The van der Waals surface area contributed by atoms with Crippen LogP contribution in [0, 0.1) is 0 Å². The fourth-order valence-electron chi connectivity index (χ4n) is 1.04. The zero-order valence-corrected chi connectivity index (χ0v) is 9.05. The zero-order valence-electron chi connectivity index (χ0n) is 8.24. The number of aliphatic hydroxyl groups excluding tert-OH is 2. The molecular formula is C7H13N3O4S. The first-order valence-corrected chi connectivity index (χ1v) is 6.32. The van der Waals surface area contributed by atoms with Gasteiger partial charge in [-0.2, -0.15) is 0 Å². The summed E-state index contributed by atoms with van der Waals surface area (Å²) in [5.41, 5.74) is 0.322. The van der Waals surface area contributed by atoms with Crippen LogP contribution in [0.1, 0.15) is 5.69 Å². The lowest BCUT2D eigenvalue weighted by Gasteiger charge is -2.04. The second kappa shape index (κ2) is 4.69. The zero-order chi connectivity index (χ0) is 11.5. The standard InChI is InChI=1S/C7H13N3O4S/c1-15(13,14)5-6-2-10(9-8-6)3-7(12)4-11/h2,7,11-12H,3-5H2,1H3. The van der Waals surface area contributed by atoms with Gasteiger partial charge < -0.3 is 10.2 Å². The molecule has 1 aromatic rings. The predicted octanol–water partition coefficient (Wildman–Crippen LogP) is -1.82. The normalized spacial score (nSPS) is 14.1. The van der Waals surface area contributed by atoms with Gasteiger partial charge in [0.2, 0.25) is 0 Å². The van der Waals surface area contributed by atoms with E-state index in [4.69, 9.17) is 10.2 Å². The van der Waals surface area contributed by atoms with Crippen LogP contribution in [0.3, 0.4) is 0 Å². The molecule has 15 heavy (non-hydrogen) atoms. The highest BCUT2D eigenvalue weighted by molar-refractivity contribution is 7.89. The molecule has 0 aliphatic rings. The predicted molar refractivity (Wildman–Crippen MR) is 51.7 cm³/mol. The molecule has 0 aromatic carbocycles. The molecule has 86 valence electrons. The number of sulfone groups is 1. The van der Waals surface area contributed by atoms with E-state index in [1.165, 1.54) is 10.9 Å². The summed E-state index contributed by atoms with van der Waals surface area (Å²) in [6.45, 7) is -0.283. The third-order valence-electron chi connectivity index (χ3n) is 1.60. The number of nitrogens with zero attached hydrogens (tertiary/aromatic N) is 3. The van der Waals surface area contributed by atoms with Crippen molar-refractivity contribution in [2.24, 2.45) is 0 Å². The van der Waals surface area contributed by atoms with Crippen LogP contribution in [-0.4, -0.2) is 52.6 Å². The van der Waals surface area contributed by atoms with Gasteiger partial charge in [-0.25, -0.2) is 13.1 Å². The number of aliphatic hydroxyl groups is 2. The van der Waals surface area contributed by atoms with Gasteiger partial charge in [-0.15, -0.1) is 5.10 Å². The molecule has 1 aromatic heterocycles. The van der Waals surface area contributed by atoms with Gasteiger partial charge in [0.15, 0.2) is 9.84 Å². The lowest BCUT2D eigenvalue weighted by Crippen LogP contribution is -2.20. The molecule has 0 spiro atoms. The number of aromatic nitrogens is 3. The van der Waals surface area contributed by atoms with Gasteiger partial charge >= 0.3 is 0 Å². The lowest BCUT2D eigenvalue weighted by atomic mass is 10.4. The largest absolute Gasteiger partial charge is 0.394 e. The van der Waals surface area contributed by atoms with E-state index >= 15 is 0 Å². The number of hydrogen-bond acceptors (Lipinski definition) is 6. The summed E-state index contributed by atoms with van der Waals surface area (Å²) in [5.74, 6) is -0.178. The topological polar surface area (TPSA) is 105 Å². The summed E-state index contributed by atoms with van der Waals surface area (Å²) in [6, 6.07) is 0. The van der Waals surface area contributed by atoms with Crippen molar-refractivity contribution in [2.45, 2.75) is 18.4 Å². The number of hydrogen-bond donors (Lipinski definition) is 2. The molecule has 0 saturated carbocycles. The monoisotopic (exact) mass is 235 g/mol. The molecule has 2 N–H and O–H groups in total. The van der Waals surface area contributed by atoms with Gasteiger partial charge in [0, 0.05) is 12.5 Å². The van der Waals surface area contributed by atoms with Gasteiger partial charge in [-0.3, -0.25) is 0 Å². The Morgan fingerprint density at radius 1 is 1.60 bits per heavy atom. The lowest BCUT2D eigenvalue weighted by molar-refractivity contribution is 0.0778. The molecule has 0 bridgehead atoms. The van der Waals surface area contributed by atoms with E-state index in [1.807, 2.05) is 0 Å². The van der Waals surface area contributed by atoms with Gasteiger partial charge in [-0.1, -0.05) is 5.21 Å². The summed E-state index contributed by atoms with van der Waals surface area (Å²) in [6.07, 6.45) is 1.62. The first-order valence-electron chi connectivity index (χ1n) is 4.26. The summed E-state index contributed by atoms with van der Waals surface area (Å²) in [5, 5.41) is 24.9. The van der Waals surface area contributed by atoms with Gasteiger partial charge in [0.25, 0.3) is 0 Å². The average molecular weight is 235 g/mol. The van der Waals surface area contributed by atoms with Crippen LogP contribution < -0.4 is 0 Å². The Labute approximate surface area is 87.3 Å². The third-order valence-corrected chi connectivity index (χ3v) is 2.42. The van der Waals surface area contributed by atoms with E-state index < -0.39 is 15.9 Å². The van der Waals surface area contributed by atoms with E-state index in [9.17, 15) is 8.42 Å². The second-order valence-corrected chi connectivity index (χ2v) is 5.48. The van der Waals surface area contributed by atoms with E-state index in [-0.39, 0.29) is 18.9 Å². The minimum absolute atomic E-state index is 0.0905. The molecule has 0 aliphatic carbocycles. The van der Waals surface area contributed by atoms with Crippen molar-refractivity contribution in [3.8, 4) is 0 Å². The van der Waals surface area contributed by atoms with Crippen LogP contribution >= 0.6 is 0 Å². The highest BCUT2D eigenvalue weighted by Gasteiger charge is 2.10. The quantitative estimate of drug-likeness (QED) is 0.622. The van der Waals surface area contributed by atoms with E-state index in [1.54, 1.807) is 0 Å². The van der Waals surface area contributed by atoms with E-state index in [0.717, 1.165) is 6.26 Å². The van der Waals surface area contributed by atoms with Crippen molar-refractivity contribution in [2.75, 3.05) is 12.9 Å². The first-order chi connectivity index (χ1) is 6.90. The van der Waals surface area contributed by atoms with Crippen LogP contribution in [0.2, 0.25) is 0 Å². The molecular weight excluding hydrogens is 222 g/mol. The minimum Gasteiger partial charge on any atom is -0.394 e. The van der Waals surface area contributed by atoms with Crippen molar-refractivity contribution in [3.05, 3.63) is 11.9 Å². The minimum atomic E-state index is -3.13. The molecule has 1 rings (SSSR count). The average Bonchev–Trinajstić information content (AvgIpc) is 2.49. The van der Waals surface area contributed by atoms with Crippen LogP contribution in [0.4, 0.5) is 0 Å². The van der Waals surface area contributed by atoms with Crippen molar-refractivity contribution >= 4 is 9.84 Å². The Balaban J connectivity index is 2.64. The maximum Gasteiger partial charge on any atom is 0.153 e. The van der Waals surface area contributed by atoms with Gasteiger partial charge in [0.1, 0.15) is 0 Å². The summed E-state index contributed by atoms with van der Waals surface area (Å²) in [7, 11) is -3.13. The van der Waals surface area contributed by atoms with Gasteiger partial charge in [-0.05, 0) is 0 Å². The van der Waals surface area contributed by atoms with E-state index in [0.29, 0.717) is 5.69 Å². The highest BCUT2D eigenvalue weighted by atomic mass is 32.2. The Morgan fingerprint density at radius 2 is 2.27 bits per heavy atom. The van der Waals surface area contributed by atoms with E-state index in [2.05, 4.69) is 10.3 Å². The van der Waals surface area contributed by atoms with Crippen LogP contribution in [0.5, 0.6) is 0 Å². The molecule has 0 saturated heterocycles. The highest BCUT2D eigenvalue weighted by Crippen LogP contribution is 2.00. The molecule has 0 fully saturated rings. The SMILES string of the molecule is CS(=O)(=O)Cc1cn(CC(O)CO)nn1. The van der Waals surface area contributed by atoms with Gasteiger partial charge in [0.05, 0.1) is 30.7 Å². The second-order valence-electron chi connectivity index (χ2n) is 3.34. The molecule has 7 nitrogen and oxygen atoms in total. The Kier molecular flexibility index (Phi) is 3.77. The molecule has 0 amide bonds. The van der Waals surface area contributed by atoms with Crippen LogP contribution in [-0.2, 0) is 22.1 Å². The Hall–Kier alpha value is -0.990. The van der Waals surface area contributed by atoms with Crippen LogP contribution in [0.25, 0.3) is 0 Å². The summed E-state index contributed by atoms with van der Waals surface area (Å²) < 4.78 is 23.1. The summed E-state index contributed by atoms with van der Waals surface area (Å²) >= 11 is 0. The van der Waals surface area contributed by atoms with Crippen molar-refractivity contribution < 1.29 is 18.6 Å². The molecule has 1 unspecified atom stereocenters. The fraction of sp³-hybridized carbons (Fsp3) is 0.714. The molecule has 1 atom stereocenters. The molecule has 0 radical (unpaired) electrons. The molecule has 0 aliphatic heterocycles. The Bertz CT molecular complexity index is 414. The van der Waals surface area contributed by atoms with Crippen molar-refractivity contribution in [1.82, 2.24) is 15.0 Å². The fourth-order valence-corrected chi connectivity index (χ4v) is 1.71. The Morgan fingerprint density at radius 3 is 2.80 bits per heavy atom. The first kappa shape index (κ1) is 12.1. The molecule has 8 heteroatoms. The van der Waals surface area contributed by atoms with Crippen molar-refractivity contribution in [3.63, 3.8) is 0 Å². The van der Waals surface area contributed by atoms with Crippen LogP contribution in [0.15, 0.2) is 6.20 Å². The maximum absolute atomic E-state index is 10.9. The molecule has 1 heterocycles. The maximum atomic E-state index is 10.9. The third kappa shape index (κ3) is 4.36. The summed E-state index contributed by atoms with van der Waals surface area (Å²) in [4.78, 5) is 0. The smallest absolute Gasteiger partial charge is 0.153 e. The number of rotatable bonds is 5.